The zero-order valence-corrected chi connectivity index (χ0v) is 9.67. The van der Waals surface area contributed by atoms with Gasteiger partial charge in [-0.1, -0.05) is 12.8 Å². The molecule has 18 heavy (non-hydrogen) atoms. The van der Waals surface area contributed by atoms with Crippen LogP contribution in [0.5, 0.6) is 5.75 Å². The van der Waals surface area contributed by atoms with Crippen LogP contribution in [0.2, 0.25) is 0 Å². The molecule has 1 saturated carbocycles. The molecule has 0 N–H and O–H groups in total. The minimum absolute atomic E-state index is 0.0195. The number of ketones is 1. The first-order chi connectivity index (χ1) is 8.46. The summed E-state index contributed by atoms with van der Waals surface area (Å²) in [5.74, 6) is -0.254. The number of Topliss-reactive ketones (excluding diaryl/α,β-unsaturated/α-hetero) is 1. The average Bonchev–Trinajstić information content (AvgIpc) is 2.80. The Bertz CT molecular complexity index is 417. The highest BCUT2D eigenvalue weighted by atomic mass is 19.4. The average molecular weight is 258 g/mol. The van der Waals surface area contributed by atoms with Crippen molar-refractivity contribution in [3.05, 3.63) is 29.8 Å². The molecule has 0 saturated heterocycles. The van der Waals surface area contributed by atoms with Gasteiger partial charge in [-0.15, -0.1) is 13.2 Å². The Morgan fingerprint density at radius 1 is 1.11 bits per heavy atom. The van der Waals surface area contributed by atoms with Gasteiger partial charge in [-0.2, -0.15) is 0 Å². The fourth-order valence-corrected chi connectivity index (χ4v) is 2.24. The van der Waals surface area contributed by atoms with Gasteiger partial charge in [0.05, 0.1) is 0 Å². The smallest absolute Gasteiger partial charge is 0.406 e. The van der Waals surface area contributed by atoms with Crippen LogP contribution < -0.4 is 4.74 Å². The molecule has 0 unspecified atom stereocenters. The highest BCUT2D eigenvalue weighted by Gasteiger charge is 2.31. The number of rotatable bonds is 3. The van der Waals surface area contributed by atoms with Crippen molar-refractivity contribution in [3.8, 4) is 5.75 Å². The van der Waals surface area contributed by atoms with Crippen LogP contribution in [0.4, 0.5) is 13.2 Å². The molecule has 0 heterocycles. The van der Waals surface area contributed by atoms with Crippen LogP contribution in [0.3, 0.4) is 0 Å². The number of benzene rings is 1. The van der Waals surface area contributed by atoms with Crippen LogP contribution in [0, 0.1) is 5.92 Å². The van der Waals surface area contributed by atoms with Gasteiger partial charge in [-0.3, -0.25) is 4.79 Å². The van der Waals surface area contributed by atoms with Gasteiger partial charge in [0.25, 0.3) is 0 Å². The predicted molar refractivity (Wildman–Crippen MR) is 59.4 cm³/mol. The first-order valence-corrected chi connectivity index (χ1v) is 5.86. The Hall–Kier alpha value is -1.52. The molecule has 2 nitrogen and oxygen atoms in total. The maximum absolute atomic E-state index is 12.0. The molecular weight excluding hydrogens is 245 g/mol. The van der Waals surface area contributed by atoms with Crippen LogP contribution in [0.1, 0.15) is 36.0 Å². The van der Waals surface area contributed by atoms with Crippen molar-refractivity contribution in [3.63, 3.8) is 0 Å². The van der Waals surface area contributed by atoms with Crippen LogP contribution in [-0.4, -0.2) is 12.1 Å². The minimum Gasteiger partial charge on any atom is -0.406 e. The molecule has 1 fully saturated rings. The topological polar surface area (TPSA) is 26.3 Å². The number of hydrogen-bond acceptors (Lipinski definition) is 2. The molecule has 1 aromatic carbocycles. The molecular formula is C13H13F3O2. The summed E-state index contributed by atoms with van der Waals surface area (Å²) in [6.45, 7) is 0. The van der Waals surface area contributed by atoms with Gasteiger partial charge in [0.1, 0.15) is 5.75 Å². The van der Waals surface area contributed by atoms with Crippen LogP contribution >= 0.6 is 0 Å². The second-order valence-corrected chi connectivity index (χ2v) is 4.42. The van der Waals surface area contributed by atoms with E-state index >= 15 is 0 Å². The van der Waals surface area contributed by atoms with E-state index in [1.54, 1.807) is 0 Å². The molecule has 2 rings (SSSR count). The Morgan fingerprint density at radius 3 is 2.17 bits per heavy atom. The second kappa shape index (κ2) is 5.00. The van der Waals surface area contributed by atoms with E-state index in [9.17, 15) is 18.0 Å². The van der Waals surface area contributed by atoms with Crippen molar-refractivity contribution in [2.45, 2.75) is 32.0 Å². The van der Waals surface area contributed by atoms with Crippen LogP contribution in [0.25, 0.3) is 0 Å². The maximum atomic E-state index is 12.0. The number of halogens is 3. The molecule has 0 bridgehead atoms. The number of ether oxygens (including phenoxy) is 1. The van der Waals surface area contributed by atoms with Crippen molar-refractivity contribution >= 4 is 5.78 Å². The normalized spacial score (nSPS) is 16.8. The van der Waals surface area contributed by atoms with E-state index < -0.39 is 6.36 Å². The fourth-order valence-electron chi connectivity index (χ4n) is 2.24. The van der Waals surface area contributed by atoms with Gasteiger partial charge in [0, 0.05) is 11.5 Å². The minimum atomic E-state index is -4.70. The summed E-state index contributed by atoms with van der Waals surface area (Å²) in [4.78, 5) is 12.0. The first kappa shape index (κ1) is 12.9. The van der Waals surface area contributed by atoms with Crippen molar-refractivity contribution in [1.29, 1.82) is 0 Å². The quantitative estimate of drug-likeness (QED) is 0.767. The molecule has 0 spiro atoms. The molecule has 0 atom stereocenters. The molecule has 98 valence electrons. The molecule has 5 heteroatoms. The number of hydrogen-bond donors (Lipinski definition) is 0. The first-order valence-electron chi connectivity index (χ1n) is 5.86. The van der Waals surface area contributed by atoms with Crippen molar-refractivity contribution in [1.82, 2.24) is 0 Å². The Labute approximate surface area is 103 Å². The molecule has 1 aliphatic rings. The third-order valence-corrected chi connectivity index (χ3v) is 3.10. The predicted octanol–water partition coefficient (Wildman–Crippen LogP) is 3.96. The molecule has 1 aliphatic carbocycles. The molecule has 0 aromatic heterocycles. The van der Waals surface area contributed by atoms with Crippen molar-refractivity contribution < 1.29 is 22.7 Å². The third-order valence-electron chi connectivity index (χ3n) is 3.10. The van der Waals surface area contributed by atoms with Crippen LogP contribution in [0.15, 0.2) is 24.3 Å². The zero-order valence-electron chi connectivity index (χ0n) is 9.67. The van der Waals surface area contributed by atoms with E-state index in [0.717, 1.165) is 25.7 Å². The van der Waals surface area contributed by atoms with E-state index in [-0.39, 0.29) is 17.5 Å². The van der Waals surface area contributed by atoms with E-state index in [1.165, 1.54) is 24.3 Å². The van der Waals surface area contributed by atoms with E-state index in [2.05, 4.69) is 4.74 Å². The van der Waals surface area contributed by atoms with E-state index in [4.69, 9.17) is 0 Å². The highest BCUT2D eigenvalue weighted by Crippen LogP contribution is 2.29. The Balaban J connectivity index is 2.05. The Morgan fingerprint density at radius 2 is 1.67 bits per heavy atom. The summed E-state index contributed by atoms with van der Waals surface area (Å²) in [6, 6.07) is 5.13. The standard InChI is InChI=1S/C13H13F3O2/c14-13(15,16)18-11-7-5-10(6-8-11)12(17)9-3-1-2-4-9/h5-9H,1-4H2. The third kappa shape index (κ3) is 3.24. The van der Waals surface area contributed by atoms with Crippen LogP contribution in [-0.2, 0) is 0 Å². The Kier molecular flexibility index (Phi) is 3.59. The van der Waals surface area contributed by atoms with Gasteiger partial charge < -0.3 is 4.74 Å². The summed E-state index contributed by atoms with van der Waals surface area (Å²) in [7, 11) is 0. The largest absolute Gasteiger partial charge is 0.573 e. The molecule has 0 radical (unpaired) electrons. The monoisotopic (exact) mass is 258 g/mol. The SMILES string of the molecule is O=C(c1ccc(OC(F)(F)F)cc1)C1CCCC1. The summed E-state index contributed by atoms with van der Waals surface area (Å²) in [5, 5.41) is 0. The van der Waals surface area contributed by atoms with E-state index in [0.29, 0.717) is 5.56 Å². The van der Waals surface area contributed by atoms with Gasteiger partial charge in [-0.05, 0) is 37.1 Å². The number of carbonyl (C=O) groups excluding carboxylic acids is 1. The summed E-state index contributed by atoms with van der Waals surface area (Å²) < 4.78 is 39.6. The molecule has 0 amide bonds. The van der Waals surface area contributed by atoms with E-state index in [1.807, 2.05) is 0 Å². The van der Waals surface area contributed by atoms with Crippen molar-refractivity contribution in [2.75, 3.05) is 0 Å². The molecule has 0 aliphatic heterocycles. The van der Waals surface area contributed by atoms with Gasteiger partial charge >= 0.3 is 6.36 Å². The summed E-state index contributed by atoms with van der Waals surface area (Å²) in [5.41, 5.74) is 0.455. The fraction of sp³-hybridized carbons (Fsp3) is 0.462. The zero-order chi connectivity index (χ0) is 13.2. The number of carbonyl (C=O) groups is 1. The lowest BCUT2D eigenvalue weighted by molar-refractivity contribution is -0.274. The summed E-state index contributed by atoms with van der Waals surface area (Å²) >= 11 is 0. The van der Waals surface area contributed by atoms with Gasteiger partial charge in [-0.25, -0.2) is 0 Å². The number of alkyl halides is 3. The van der Waals surface area contributed by atoms with Gasteiger partial charge in [0.2, 0.25) is 0 Å². The van der Waals surface area contributed by atoms with Crippen molar-refractivity contribution in [2.24, 2.45) is 5.92 Å². The summed E-state index contributed by atoms with van der Waals surface area (Å²) in [6.07, 6.45) is -0.854. The lowest BCUT2D eigenvalue weighted by Gasteiger charge is -2.10. The maximum Gasteiger partial charge on any atom is 0.573 e. The highest BCUT2D eigenvalue weighted by molar-refractivity contribution is 5.98. The lowest BCUT2D eigenvalue weighted by atomic mass is 9.96. The van der Waals surface area contributed by atoms with Gasteiger partial charge in [0.15, 0.2) is 5.78 Å². The lowest BCUT2D eigenvalue weighted by Crippen LogP contribution is -2.17. The molecule has 1 aromatic rings. The second-order valence-electron chi connectivity index (χ2n) is 4.42.